The lowest BCUT2D eigenvalue weighted by atomic mass is 9.87. The van der Waals surface area contributed by atoms with E-state index in [9.17, 15) is 0 Å². The number of hydrogen-bond donors (Lipinski definition) is 0. The van der Waals surface area contributed by atoms with Gasteiger partial charge in [-0.15, -0.1) is 0 Å². The first-order valence-electron chi connectivity index (χ1n) is 18.2. The molecule has 0 radical (unpaired) electrons. The van der Waals surface area contributed by atoms with E-state index in [1.54, 1.807) is 0 Å². The summed E-state index contributed by atoms with van der Waals surface area (Å²) in [4.78, 5) is 2.47. The Morgan fingerprint density at radius 3 is 1.43 bits per heavy atom. The topological polar surface area (TPSA) is 3.24 Å². The SMILES string of the molecule is c1ccc(-c2ccccc2-c2c(-c3ccccc3)cccc2N(c2cccc(-c3ccc4ccccc4c3)c2)c2ccccc2-c2ccccc2)cc1. The van der Waals surface area contributed by atoms with Crippen molar-refractivity contribution in [3.8, 4) is 55.6 Å². The van der Waals surface area contributed by atoms with Gasteiger partial charge in [0.2, 0.25) is 0 Å². The number of rotatable bonds is 8. The van der Waals surface area contributed by atoms with E-state index >= 15 is 0 Å². The average Bonchev–Trinajstić information content (AvgIpc) is 3.25. The Bertz CT molecular complexity index is 2660. The molecule has 0 fully saturated rings. The first-order valence-corrected chi connectivity index (χ1v) is 18.2. The van der Waals surface area contributed by atoms with Gasteiger partial charge in [0.05, 0.1) is 11.4 Å². The first-order chi connectivity index (χ1) is 26.3. The summed E-state index contributed by atoms with van der Waals surface area (Å²) in [5.41, 5.74) is 15.1. The van der Waals surface area contributed by atoms with E-state index in [1.165, 1.54) is 60.8 Å². The highest BCUT2D eigenvalue weighted by Crippen LogP contribution is 2.50. The highest BCUT2D eigenvalue weighted by molar-refractivity contribution is 6.02. The number of hydrogen-bond acceptors (Lipinski definition) is 1. The summed E-state index contributed by atoms with van der Waals surface area (Å²) < 4.78 is 0. The number of benzene rings is 9. The van der Waals surface area contributed by atoms with Gasteiger partial charge in [-0.2, -0.15) is 0 Å². The van der Waals surface area contributed by atoms with Crippen molar-refractivity contribution in [2.45, 2.75) is 0 Å². The van der Waals surface area contributed by atoms with Gasteiger partial charge in [0, 0.05) is 16.8 Å². The second-order valence-electron chi connectivity index (χ2n) is 13.3. The smallest absolute Gasteiger partial charge is 0.0546 e. The molecule has 0 aliphatic carbocycles. The summed E-state index contributed by atoms with van der Waals surface area (Å²) in [5.74, 6) is 0. The molecule has 9 aromatic carbocycles. The Kier molecular flexibility index (Phi) is 8.66. The number of anilines is 3. The molecule has 9 aromatic rings. The van der Waals surface area contributed by atoms with Gasteiger partial charge in [-0.25, -0.2) is 0 Å². The van der Waals surface area contributed by atoms with Gasteiger partial charge >= 0.3 is 0 Å². The average molecular weight is 676 g/mol. The molecule has 250 valence electrons. The Labute approximate surface area is 311 Å². The molecule has 9 rings (SSSR count). The molecular formula is C52H37N. The third-order valence-electron chi connectivity index (χ3n) is 10.1. The maximum Gasteiger partial charge on any atom is 0.0546 e. The number of fused-ring (bicyclic) bond motifs is 1. The predicted molar refractivity (Wildman–Crippen MR) is 226 cm³/mol. The van der Waals surface area contributed by atoms with Crippen LogP contribution in [0.4, 0.5) is 17.1 Å². The van der Waals surface area contributed by atoms with Crippen molar-refractivity contribution in [2.75, 3.05) is 4.90 Å². The standard InChI is InChI=1S/C52H37N/c1-4-19-39(20-5-1)46-28-12-13-30-49(46)52-48(41-23-8-3-9-24-41)31-17-33-51(52)53(50-32-15-14-29-47(50)40-21-6-2-7-22-40)45-27-16-26-43(37-45)44-35-34-38-18-10-11-25-42(38)36-44/h1-37H. The van der Waals surface area contributed by atoms with Gasteiger partial charge in [-0.3, -0.25) is 0 Å². The van der Waals surface area contributed by atoms with Crippen molar-refractivity contribution < 1.29 is 0 Å². The zero-order chi connectivity index (χ0) is 35.4. The maximum atomic E-state index is 2.47. The normalized spacial score (nSPS) is 11.0. The van der Waals surface area contributed by atoms with Crippen LogP contribution in [0, 0.1) is 0 Å². The van der Waals surface area contributed by atoms with E-state index in [2.05, 4.69) is 229 Å². The molecule has 0 aliphatic rings. The Hall–Kier alpha value is -6.96. The van der Waals surface area contributed by atoms with Crippen LogP contribution in [-0.2, 0) is 0 Å². The highest BCUT2D eigenvalue weighted by Gasteiger charge is 2.24. The maximum absolute atomic E-state index is 2.47. The molecule has 0 N–H and O–H groups in total. The van der Waals surface area contributed by atoms with Crippen LogP contribution in [0.25, 0.3) is 66.4 Å². The van der Waals surface area contributed by atoms with Gasteiger partial charge in [0.15, 0.2) is 0 Å². The van der Waals surface area contributed by atoms with Crippen molar-refractivity contribution in [3.05, 3.63) is 224 Å². The van der Waals surface area contributed by atoms with Crippen LogP contribution in [0.15, 0.2) is 224 Å². The van der Waals surface area contributed by atoms with E-state index in [-0.39, 0.29) is 0 Å². The first kappa shape index (κ1) is 32.0. The van der Waals surface area contributed by atoms with Crippen molar-refractivity contribution in [3.63, 3.8) is 0 Å². The minimum Gasteiger partial charge on any atom is -0.309 e. The molecule has 0 unspecified atom stereocenters. The van der Waals surface area contributed by atoms with Crippen LogP contribution >= 0.6 is 0 Å². The summed E-state index contributed by atoms with van der Waals surface area (Å²) in [6, 6.07) is 81.0. The van der Waals surface area contributed by atoms with Crippen LogP contribution in [-0.4, -0.2) is 0 Å². The van der Waals surface area contributed by atoms with Gasteiger partial charge < -0.3 is 4.90 Å². The largest absolute Gasteiger partial charge is 0.309 e. The number of para-hydroxylation sites is 1. The second kappa shape index (κ2) is 14.3. The molecule has 1 nitrogen and oxygen atoms in total. The van der Waals surface area contributed by atoms with E-state index in [4.69, 9.17) is 0 Å². The zero-order valence-electron chi connectivity index (χ0n) is 29.3. The van der Waals surface area contributed by atoms with Crippen molar-refractivity contribution in [1.82, 2.24) is 0 Å². The molecular weight excluding hydrogens is 639 g/mol. The third kappa shape index (κ3) is 6.30. The molecule has 0 atom stereocenters. The summed E-state index contributed by atoms with van der Waals surface area (Å²) in [6.07, 6.45) is 0. The summed E-state index contributed by atoms with van der Waals surface area (Å²) in [7, 11) is 0. The van der Waals surface area contributed by atoms with Crippen LogP contribution < -0.4 is 4.90 Å². The molecule has 0 saturated heterocycles. The highest BCUT2D eigenvalue weighted by atomic mass is 15.1. The van der Waals surface area contributed by atoms with Gasteiger partial charge in [-0.05, 0) is 85.6 Å². The lowest BCUT2D eigenvalue weighted by Gasteiger charge is -2.31. The molecule has 0 bridgehead atoms. The predicted octanol–water partition coefficient (Wildman–Crippen LogP) is 14.6. The Morgan fingerprint density at radius 1 is 0.245 bits per heavy atom. The zero-order valence-corrected chi connectivity index (χ0v) is 29.3. The molecule has 0 amide bonds. The van der Waals surface area contributed by atoms with Crippen molar-refractivity contribution in [2.24, 2.45) is 0 Å². The van der Waals surface area contributed by atoms with E-state index < -0.39 is 0 Å². The molecule has 0 spiro atoms. The van der Waals surface area contributed by atoms with Crippen molar-refractivity contribution in [1.29, 1.82) is 0 Å². The van der Waals surface area contributed by atoms with Crippen LogP contribution in [0.3, 0.4) is 0 Å². The number of nitrogens with zero attached hydrogens (tertiary/aromatic N) is 1. The molecule has 1 heteroatoms. The van der Waals surface area contributed by atoms with Crippen LogP contribution in [0.5, 0.6) is 0 Å². The molecule has 53 heavy (non-hydrogen) atoms. The fourth-order valence-corrected chi connectivity index (χ4v) is 7.57. The van der Waals surface area contributed by atoms with Gasteiger partial charge in [0.25, 0.3) is 0 Å². The van der Waals surface area contributed by atoms with Gasteiger partial charge in [-0.1, -0.05) is 194 Å². The summed E-state index contributed by atoms with van der Waals surface area (Å²) in [6.45, 7) is 0. The minimum atomic E-state index is 1.09. The van der Waals surface area contributed by atoms with Crippen LogP contribution in [0.2, 0.25) is 0 Å². The molecule has 0 aromatic heterocycles. The second-order valence-corrected chi connectivity index (χ2v) is 13.3. The third-order valence-corrected chi connectivity index (χ3v) is 10.1. The van der Waals surface area contributed by atoms with Gasteiger partial charge in [0.1, 0.15) is 0 Å². The molecule has 0 heterocycles. The molecule has 0 saturated carbocycles. The summed E-state index contributed by atoms with van der Waals surface area (Å²) >= 11 is 0. The van der Waals surface area contributed by atoms with E-state index in [1.807, 2.05) is 0 Å². The minimum absolute atomic E-state index is 1.09. The quantitative estimate of drug-likeness (QED) is 0.155. The summed E-state index contributed by atoms with van der Waals surface area (Å²) in [5, 5.41) is 2.47. The Balaban J connectivity index is 1.35. The van der Waals surface area contributed by atoms with Crippen molar-refractivity contribution >= 4 is 27.8 Å². The fraction of sp³-hybridized carbons (Fsp3) is 0. The van der Waals surface area contributed by atoms with E-state index in [0.29, 0.717) is 0 Å². The molecule has 0 aliphatic heterocycles. The van der Waals surface area contributed by atoms with Crippen LogP contribution in [0.1, 0.15) is 0 Å². The Morgan fingerprint density at radius 2 is 0.717 bits per heavy atom. The lowest BCUT2D eigenvalue weighted by molar-refractivity contribution is 1.28. The fourth-order valence-electron chi connectivity index (χ4n) is 7.57. The van der Waals surface area contributed by atoms with E-state index in [0.717, 1.165) is 22.6 Å². The monoisotopic (exact) mass is 675 g/mol. The lowest BCUT2D eigenvalue weighted by Crippen LogP contribution is -2.13.